The summed E-state index contributed by atoms with van der Waals surface area (Å²) < 4.78 is 5.60. The summed E-state index contributed by atoms with van der Waals surface area (Å²) in [7, 11) is 0. The van der Waals surface area contributed by atoms with Gasteiger partial charge in [0, 0.05) is 6.42 Å². The molecule has 116 valence electrons. The number of carbonyl (C=O) groups is 1. The van der Waals surface area contributed by atoms with Crippen molar-refractivity contribution in [2.45, 2.75) is 51.0 Å². The number of carbonyl (C=O) groups excluding carboxylic acids is 1. The fraction of sp³-hybridized carbons (Fsp3) is 0.588. The zero-order valence-corrected chi connectivity index (χ0v) is 12.7. The standard InChI is InChI=1S/C17H25NO3/c1-14-6-8-15(9-7-14)21-12-4-5-16(20)18-17(13-19)10-2-3-11-17/h6-9,19H,2-5,10-13H2,1H3,(H,18,20). The molecule has 0 bridgehead atoms. The second-order valence-corrected chi connectivity index (χ2v) is 5.96. The van der Waals surface area contributed by atoms with Crippen LogP contribution in [0.5, 0.6) is 5.75 Å². The summed E-state index contributed by atoms with van der Waals surface area (Å²) in [5.74, 6) is 0.849. The number of benzene rings is 1. The van der Waals surface area contributed by atoms with Gasteiger partial charge in [0.2, 0.25) is 5.91 Å². The van der Waals surface area contributed by atoms with Crippen LogP contribution in [-0.2, 0) is 4.79 Å². The van der Waals surface area contributed by atoms with Gasteiger partial charge in [-0.1, -0.05) is 30.5 Å². The Morgan fingerprint density at radius 2 is 1.95 bits per heavy atom. The number of hydrogen-bond acceptors (Lipinski definition) is 3. The van der Waals surface area contributed by atoms with Crippen LogP contribution in [0.2, 0.25) is 0 Å². The Kier molecular flexibility index (Phi) is 5.62. The van der Waals surface area contributed by atoms with Gasteiger partial charge in [-0.05, 0) is 38.3 Å². The molecule has 21 heavy (non-hydrogen) atoms. The van der Waals surface area contributed by atoms with E-state index in [-0.39, 0.29) is 18.1 Å². The minimum Gasteiger partial charge on any atom is -0.494 e. The van der Waals surface area contributed by atoms with Gasteiger partial charge in [-0.2, -0.15) is 0 Å². The first kappa shape index (κ1) is 15.8. The lowest BCUT2D eigenvalue weighted by atomic mass is 9.98. The van der Waals surface area contributed by atoms with Crippen molar-refractivity contribution < 1.29 is 14.6 Å². The quantitative estimate of drug-likeness (QED) is 0.759. The van der Waals surface area contributed by atoms with E-state index in [1.54, 1.807) is 0 Å². The van der Waals surface area contributed by atoms with Crippen LogP contribution in [0.4, 0.5) is 0 Å². The fourth-order valence-electron chi connectivity index (χ4n) is 2.79. The van der Waals surface area contributed by atoms with Crippen molar-refractivity contribution in [1.29, 1.82) is 0 Å². The zero-order valence-electron chi connectivity index (χ0n) is 12.7. The molecule has 0 spiro atoms. The Hall–Kier alpha value is -1.55. The Morgan fingerprint density at radius 3 is 2.57 bits per heavy atom. The average Bonchev–Trinajstić information content (AvgIpc) is 2.94. The third kappa shape index (κ3) is 4.74. The molecule has 0 unspecified atom stereocenters. The Bertz CT molecular complexity index is 450. The van der Waals surface area contributed by atoms with Crippen molar-refractivity contribution in [3.63, 3.8) is 0 Å². The third-order valence-corrected chi connectivity index (χ3v) is 4.11. The van der Waals surface area contributed by atoms with Crippen molar-refractivity contribution in [3.8, 4) is 5.75 Å². The van der Waals surface area contributed by atoms with Crippen LogP contribution in [0.3, 0.4) is 0 Å². The van der Waals surface area contributed by atoms with Gasteiger partial charge >= 0.3 is 0 Å². The zero-order chi connectivity index (χ0) is 15.1. The monoisotopic (exact) mass is 291 g/mol. The molecular weight excluding hydrogens is 266 g/mol. The minimum atomic E-state index is -0.366. The van der Waals surface area contributed by atoms with Gasteiger partial charge in [-0.15, -0.1) is 0 Å². The molecule has 1 fully saturated rings. The van der Waals surface area contributed by atoms with Crippen molar-refractivity contribution >= 4 is 5.91 Å². The average molecular weight is 291 g/mol. The lowest BCUT2D eigenvalue weighted by Gasteiger charge is -2.28. The summed E-state index contributed by atoms with van der Waals surface area (Å²) in [5.41, 5.74) is 0.835. The number of ether oxygens (including phenoxy) is 1. The normalized spacial score (nSPS) is 16.7. The molecule has 1 saturated carbocycles. The van der Waals surface area contributed by atoms with E-state index in [1.165, 1.54) is 5.56 Å². The van der Waals surface area contributed by atoms with Crippen LogP contribution < -0.4 is 10.1 Å². The molecule has 1 amide bonds. The van der Waals surface area contributed by atoms with Crippen LogP contribution in [0.1, 0.15) is 44.1 Å². The van der Waals surface area contributed by atoms with Crippen molar-refractivity contribution in [3.05, 3.63) is 29.8 Å². The summed E-state index contributed by atoms with van der Waals surface area (Å²) >= 11 is 0. The predicted octanol–water partition coefficient (Wildman–Crippen LogP) is 2.58. The number of amides is 1. The molecule has 1 aromatic rings. The van der Waals surface area contributed by atoms with Gasteiger partial charge in [0.05, 0.1) is 18.8 Å². The maximum absolute atomic E-state index is 11.9. The van der Waals surface area contributed by atoms with Crippen molar-refractivity contribution in [1.82, 2.24) is 5.32 Å². The molecule has 1 aliphatic rings. The van der Waals surface area contributed by atoms with Gasteiger partial charge in [0.25, 0.3) is 0 Å². The van der Waals surface area contributed by atoms with E-state index in [0.29, 0.717) is 19.4 Å². The first-order valence-electron chi connectivity index (χ1n) is 7.75. The number of aryl methyl sites for hydroxylation is 1. The van der Waals surface area contributed by atoms with E-state index in [2.05, 4.69) is 5.32 Å². The Balaban J connectivity index is 1.66. The van der Waals surface area contributed by atoms with Crippen LogP contribution in [-0.4, -0.2) is 29.8 Å². The van der Waals surface area contributed by atoms with E-state index in [0.717, 1.165) is 31.4 Å². The third-order valence-electron chi connectivity index (χ3n) is 4.11. The van der Waals surface area contributed by atoms with Gasteiger partial charge in [-0.25, -0.2) is 0 Å². The molecule has 2 rings (SSSR count). The second-order valence-electron chi connectivity index (χ2n) is 5.96. The molecule has 0 heterocycles. The Morgan fingerprint density at radius 1 is 1.29 bits per heavy atom. The number of hydrogen-bond donors (Lipinski definition) is 2. The molecule has 0 radical (unpaired) electrons. The minimum absolute atomic E-state index is 0.0125. The summed E-state index contributed by atoms with van der Waals surface area (Å²) in [4.78, 5) is 11.9. The van der Waals surface area contributed by atoms with E-state index in [9.17, 15) is 9.90 Å². The van der Waals surface area contributed by atoms with Crippen LogP contribution in [0.15, 0.2) is 24.3 Å². The van der Waals surface area contributed by atoms with E-state index >= 15 is 0 Å². The van der Waals surface area contributed by atoms with Crippen molar-refractivity contribution in [2.24, 2.45) is 0 Å². The van der Waals surface area contributed by atoms with Gasteiger partial charge < -0.3 is 15.2 Å². The molecule has 4 nitrogen and oxygen atoms in total. The number of rotatable bonds is 7. The van der Waals surface area contributed by atoms with Crippen molar-refractivity contribution in [2.75, 3.05) is 13.2 Å². The maximum atomic E-state index is 11.9. The first-order chi connectivity index (χ1) is 10.1. The lowest BCUT2D eigenvalue weighted by molar-refractivity contribution is -0.123. The van der Waals surface area contributed by atoms with E-state index < -0.39 is 0 Å². The van der Waals surface area contributed by atoms with Gasteiger partial charge in [0.15, 0.2) is 0 Å². The molecule has 1 aromatic carbocycles. The summed E-state index contributed by atoms with van der Waals surface area (Å²) in [6.07, 6.45) is 5.05. The van der Waals surface area contributed by atoms with Crippen LogP contribution in [0, 0.1) is 6.92 Å². The summed E-state index contributed by atoms with van der Waals surface area (Å²) in [6.45, 7) is 2.61. The molecule has 0 aliphatic heterocycles. The fourth-order valence-corrected chi connectivity index (χ4v) is 2.79. The number of aliphatic hydroxyl groups excluding tert-OH is 1. The highest BCUT2D eigenvalue weighted by Crippen LogP contribution is 2.29. The highest BCUT2D eigenvalue weighted by Gasteiger charge is 2.34. The highest BCUT2D eigenvalue weighted by atomic mass is 16.5. The maximum Gasteiger partial charge on any atom is 0.220 e. The second kappa shape index (κ2) is 7.46. The number of nitrogens with one attached hydrogen (secondary N) is 1. The Labute approximate surface area is 126 Å². The first-order valence-corrected chi connectivity index (χ1v) is 7.75. The van der Waals surface area contributed by atoms with Crippen LogP contribution in [0.25, 0.3) is 0 Å². The van der Waals surface area contributed by atoms with Crippen LogP contribution >= 0.6 is 0 Å². The van der Waals surface area contributed by atoms with Gasteiger partial charge in [-0.3, -0.25) is 4.79 Å². The molecule has 0 aromatic heterocycles. The summed E-state index contributed by atoms with van der Waals surface area (Å²) in [6, 6.07) is 7.89. The molecule has 0 saturated heterocycles. The SMILES string of the molecule is Cc1ccc(OCCCC(=O)NC2(CO)CCCC2)cc1. The molecule has 2 N–H and O–H groups in total. The molecule has 0 atom stereocenters. The smallest absolute Gasteiger partial charge is 0.220 e. The van der Waals surface area contributed by atoms with E-state index in [1.807, 2.05) is 31.2 Å². The largest absolute Gasteiger partial charge is 0.494 e. The topological polar surface area (TPSA) is 58.6 Å². The van der Waals surface area contributed by atoms with Gasteiger partial charge in [0.1, 0.15) is 5.75 Å². The number of aliphatic hydroxyl groups is 1. The predicted molar refractivity (Wildman–Crippen MR) is 82.3 cm³/mol. The highest BCUT2D eigenvalue weighted by molar-refractivity contribution is 5.76. The molecule has 1 aliphatic carbocycles. The molecular formula is C17H25NO3. The molecule has 4 heteroatoms. The lowest BCUT2D eigenvalue weighted by Crippen LogP contribution is -2.49. The van der Waals surface area contributed by atoms with E-state index in [4.69, 9.17) is 4.74 Å². The summed E-state index contributed by atoms with van der Waals surface area (Å²) in [5, 5.41) is 12.5.